The molecule has 0 spiro atoms. The van der Waals surface area contributed by atoms with Gasteiger partial charge in [-0.15, -0.1) is 0 Å². The Labute approximate surface area is 84.6 Å². The molecule has 14 heavy (non-hydrogen) atoms. The molecule has 0 aliphatic rings. The average molecular weight is 201 g/mol. The van der Waals surface area contributed by atoms with Crippen LogP contribution in [0.15, 0.2) is 0 Å². The minimum absolute atomic E-state index is 0.0811. The lowest BCUT2D eigenvalue weighted by Crippen LogP contribution is -2.47. The molecule has 0 fully saturated rings. The Balaban J connectivity index is 4.14. The van der Waals surface area contributed by atoms with E-state index in [9.17, 15) is 9.59 Å². The van der Waals surface area contributed by atoms with Gasteiger partial charge in [0.2, 0.25) is 11.8 Å². The van der Waals surface area contributed by atoms with Gasteiger partial charge in [-0.1, -0.05) is 6.92 Å². The largest absolute Gasteiger partial charge is 0.368 e. The fourth-order valence-electron chi connectivity index (χ4n) is 1.14. The smallest absolute Gasteiger partial charge is 0.234 e. The summed E-state index contributed by atoms with van der Waals surface area (Å²) in [6.07, 6.45) is 0. The number of hydrogen-bond acceptors (Lipinski definition) is 3. The molecule has 5 nitrogen and oxygen atoms in total. The SMILES string of the molecule is CCNC(=O)CN(CC)C(C)C(N)=O. The van der Waals surface area contributed by atoms with Crippen LogP contribution < -0.4 is 11.1 Å². The Morgan fingerprint density at radius 2 is 2.00 bits per heavy atom. The van der Waals surface area contributed by atoms with Crippen molar-refractivity contribution in [2.75, 3.05) is 19.6 Å². The molecule has 1 unspecified atom stereocenters. The van der Waals surface area contributed by atoms with Crippen LogP contribution >= 0.6 is 0 Å². The first-order valence-electron chi connectivity index (χ1n) is 4.82. The van der Waals surface area contributed by atoms with Crippen molar-refractivity contribution in [3.63, 3.8) is 0 Å². The first-order valence-corrected chi connectivity index (χ1v) is 4.82. The normalized spacial score (nSPS) is 12.6. The van der Waals surface area contributed by atoms with Crippen molar-refractivity contribution in [1.29, 1.82) is 0 Å². The van der Waals surface area contributed by atoms with E-state index < -0.39 is 11.9 Å². The van der Waals surface area contributed by atoms with Gasteiger partial charge in [0, 0.05) is 6.54 Å². The second kappa shape index (κ2) is 6.37. The standard InChI is InChI=1S/C9H19N3O2/c1-4-11-8(13)6-12(5-2)7(3)9(10)14/h7H,4-6H2,1-3H3,(H2,10,14)(H,11,13). The molecule has 0 heterocycles. The van der Waals surface area contributed by atoms with Crippen LogP contribution in [0, 0.1) is 0 Å². The number of nitrogens with zero attached hydrogens (tertiary/aromatic N) is 1. The lowest BCUT2D eigenvalue weighted by molar-refractivity contribution is -0.126. The molecule has 0 aliphatic carbocycles. The fraction of sp³-hybridized carbons (Fsp3) is 0.778. The molecule has 0 saturated heterocycles. The summed E-state index contributed by atoms with van der Waals surface area (Å²) >= 11 is 0. The van der Waals surface area contributed by atoms with E-state index in [0.717, 1.165) is 0 Å². The van der Waals surface area contributed by atoms with E-state index in [1.807, 2.05) is 13.8 Å². The Hall–Kier alpha value is -1.10. The molecule has 0 rings (SSSR count). The van der Waals surface area contributed by atoms with Crippen molar-refractivity contribution >= 4 is 11.8 Å². The summed E-state index contributed by atoms with van der Waals surface area (Å²) in [7, 11) is 0. The number of nitrogens with two attached hydrogens (primary N) is 1. The third-order valence-corrected chi connectivity index (χ3v) is 2.09. The second-order valence-electron chi connectivity index (χ2n) is 3.09. The summed E-state index contributed by atoms with van der Waals surface area (Å²) < 4.78 is 0. The van der Waals surface area contributed by atoms with Gasteiger partial charge in [-0.3, -0.25) is 14.5 Å². The highest BCUT2D eigenvalue weighted by Gasteiger charge is 2.19. The number of hydrogen-bond donors (Lipinski definition) is 2. The molecule has 5 heteroatoms. The number of nitrogens with one attached hydrogen (secondary N) is 1. The van der Waals surface area contributed by atoms with Gasteiger partial charge in [0.05, 0.1) is 12.6 Å². The van der Waals surface area contributed by atoms with Crippen molar-refractivity contribution in [1.82, 2.24) is 10.2 Å². The Morgan fingerprint density at radius 1 is 1.43 bits per heavy atom. The zero-order valence-corrected chi connectivity index (χ0v) is 9.04. The van der Waals surface area contributed by atoms with Crippen LogP contribution in [-0.2, 0) is 9.59 Å². The predicted octanol–water partition coefficient (Wildman–Crippen LogP) is -0.682. The molecular weight excluding hydrogens is 182 g/mol. The first-order chi connectivity index (χ1) is 6.52. The maximum atomic E-state index is 11.2. The van der Waals surface area contributed by atoms with E-state index in [-0.39, 0.29) is 12.5 Å². The van der Waals surface area contributed by atoms with Crippen molar-refractivity contribution < 1.29 is 9.59 Å². The molecule has 0 aromatic heterocycles. The van der Waals surface area contributed by atoms with Crippen LogP contribution in [0.2, 0.25) is 0 Å². The molecule has 2 amide bonds. The van der Waals surface area contributed by atoms with Gasteiger partial charge in [-0.25, -0.2) is 0 Å². The minimum atomic E-state index is -0.406. The van der Waals surface area contributed by atoms with E-state index in [4.69, 9.17) is 5.73 Å². The fourth-order valence-corrected chi connectivity index (χ4v) is 1.14. The molecule has 0 aromatic rings. The van der Waals surface area contributed by atoms with Crippen molar-refractivity contribution in [2.24, 2.45) is 5.73 Å². The Kier molecular flexibility index (Phi) is 5.87. The van der Waals surface area contributed by atoms with Gasteiger partial charge in [0.25, 0.3) is 0 Å². The lowest BCUT2D eigenvalue weighted by atomic mass is 10.2. The van der Waals surface area contributed by atoms with Gasteiger partial charge in [0.1, 0.15) is 0 Å². The molecule has 82 valence electrons. The summed E-state index contributed by atoms with van der Waals surface area (Å²) in [5.41, 5.74) is 5.15. The highest BCUT2D eigenvalue weighted by molar-refractivity contribution is 5.82. The molecule has 1 atom stereocenters. The summed E-state index contributed by atoms with van der Waals surface area (Å²) in [6, 6.07) is -0.400. The number of rotatable bonds is 6. The van der Waals surface area contributed by atoms with Gasteiger partial charge in [-0.05, 0) is 20.4 Å². The van der Waals surface area contributed by atoms with Gasteiger partial charge < -0.3 is 11.1 Å². The number of amides is 2. The molecule has 0 bridgehead atoms. The zero-order valence-electron chi connectivity index (χ0n) is 9.04. The Bertz CT molecular complexity index is 206. The molecule has 3 N–H and O–H groups in total. The van der Waals surface area contributed by atoms with Gasteiger partial charge >= 0.3 is 0 Å². The van der Waals surface area contributed by atoms with Crippen LogP contribution in [-0.4, -0.2) is 42.4 Å². The maximum absolute atomic E-state index is 11.2. The van der Waals surface area contributed by atoms with Crippen molar-refractivity contribution in [2.45, 2.75) is 26.8 Å². The summed E-state index contributed by atoms with van der Waals surface area (Å²) in [5.74, 6) is -0.487. The second-order valence-corrected chi connectivity index (χ2v) is 3.09. The van der Waals surface area contributed by atoms with Crippen LogP contribution in [0.5, 0.6) is 0 Å². The van der Waals surface area contributed by atoms with E-state index >= 15 is 0 Å². The summed E-state index contributed by atoms with van der Waals surface area (Å²) in [6.45, 7) is 6.88. The third-order valence-electron chi connectivity index (χ3n) is 2.09. The van der Waals surface area contributed by atoms with E-state index in [1.165, 1.54) is 0 Å². The zero-order chi connectivity index (χ0) is 11.1. The molecule has 0 saturated carbocycles. The third kappa shape index (κ3) is 4.23. The topological polar surface area (TPSA) is 75.4 Å². The van der Waals surface area contributed by atoms with Crippen LogP contribution in [0.25, 0.3) is 0 Å². The monoisotopic (exact) mass is 201 g/mol. The minimum Gasteiger partial charge on any atom is -0.368 e. The quantitative estimate of drug-likeness (QED) is 0.597. The number of primary amides is 1. The van der Waals surface area contributed by atoms with Gasteiger partial charge in [0.15, 0.2) is 0 Å². The summed E-state index contributed by atoms with van der Waals surface area (Å²) in [5, 5.41) is 2.67. The van der Waals surface area contributed by atoms with Crippen LogP contribution in [0.1, 0.15) is 20.8 Å². The van der Waals surface area contributed by atoms with E-state index in [0.29, 0.717) is 13.1 Å². The maximum Gasteiger partial charge on any atom is 0.234 e. The predicted molar refractivity (Wildman–Crippen MR) is 54.6 cm³/mol. The van der Waals surface area contributed by atoms with Crippen molar-refractivity contribution in [3.05, 3.63) is 0 Å². The number of carbonyl (C=O) groups excluding carboxylic acids is 2. The van der Waals surface area contributed by atoms with Crippen molar-refractivity contribution in [3.8, 4) is 0 Å². The highest BCUT2D eigenvalue weighted by atomic mass is 16.2. The van der Waals surface area contributed by atoms with Crippen LogP contribution in [0.4, 0.5) is 0 Å². The van der Waals surface area contributed by atoms with Crippen LogP contribution in [0.3, 0.4) is 0 Å². The first kappa shape index (κ1) is 12.9. The number of carbonyl (C=O) groups is 2. The van der Waals surface area contributed by atoms with Gasteiger partial charge in [-0.2, -0.15) is 0 Å². The summed E-state index contributed by atoms with van der Waals surface area (Å²) in [4.78, 5) is 23.9. The highest BCUT2D eigenvalue weighted by Crippen LogP contribution is 1.96. The molecular formula is C9H19N3O2. The Morgan fingerprint density at radius 3 is 2.36 bits per heavy atom. The molecule has 0 radical (unpaired) electrons. The number of likely N-dealkylation sites (N-methyl/N-ethyl adjacent to an activating group) is 2. The molecule has 0 aliphatic heterocycles. The lowest BCUT2D eigenvalue weighted by Gasteiger charge is -2.24. The van der Waals surface area contributed by atoms with E-state index in [1.54, 1.807) is 11.8 Å². The average Bonchev–Trinajstić information content (AvgIpc) is 2.13. The van der Waals surface area contributed by atoms with E-state index in [2.05, 4.69) is 5.32 Å². The molecule has 0 aromatic carbocycles.